The second-order valence-corrected chi connectivity index (χ2v) is 27.6. The summed E-state index contributed by atoms with van der Waals surface area (Å²) in [5, 5.41) is 10.6. The molecular weight excluding hydrogens is 1140 g/mol. The lowest BCUT2D eigenvalue weighted by Crippen LogP contribution is -2.30. The normalized spacial score (nSPS) is 14.2. The van der Waals surface area contributed by atoms with Crippen molar-refractivity contribution in [1.29, 1.82) is 0 Å². The Balaban J connectivity index is 5.24. The van der Waals surface area contributed by atoms with Crippen LogP contribution in [0.4, 0.5) is 0 Å². The van der Waals surface area contributed by atoms with Crippen molar-refractivity contribution in [2.24, 2.45) is 5.92 Å². The Bertz CT molecular complexity index is 1670. The summed E-state index contributed by atoms with van der Waals surface area (Å²) in [6.07, 6.45) is 45.8. The number of aliphatic hydroxyl groups excluding tert-OH is 1. The van der Waals surface area contributed by atoms with Gasteiger partial charge in [-0.3, -0.25) is 37.3 Å². The molecule has 0 aliphatic carbocycles. The second-order valence-electron chi connectivity index (χ2n) is 24.7. The minimum absolute atomic E-state index is 0.106. The average Bonchev–Trinajstić information content (AvgIpc) is 3.64. The predicted molar refractivity (Wildman–Crippen MR) is 345 cm³/mol. The number of unbranched alkanes of at least 4 members (excludes halogenated alkanes) is 39. The Kier molecular flexibility index (Phi) is 59.2. The van der Waals surface area contributed by atoms with Crippen molar-refractivity contribution in [1.82, 2.24) is 0 Å². The molecule has 5 atom stereocenters. The highest BCUT2D eigenvalue weighted by Crippen LogP contribution is 2.45. The van der Waals surface area contributed by atoms with Gasteiger partial charge in [-0.2, -0.15) is 0 Å². The van der Waals surface area contributed by atoms with Gasteiger partial charge in [0.15, 0.2) is 12.2 Å². The standard InChI is InChI=1S/C67H130O17P2/c1-6-9-12-15-18-21-24-26-27-30-33-36-43-48-53-67(72)83-62(56-77-64(69)50-45-40-34-31-29-25-22-19-16-13-10-7-2)58-81-85(73,74)79-54-61(68)55-80-86(75,76)82-59-63(57-78-65(70)51-46-41-38-37-39-44-49-60(4)5)84-66(71)52-47-42-35-32-28-23-20-17-14-11-8-3/h60-63,68H,6-59H2,1-5H3,(H,73,74)(H,75,76)/t61-,62-,63-/m1/s1. The maximum absolute atomic E-state index is 13.0. The third-order valence-electron chi connectivity index (χ3n) is 15.5. The molecule has 0 saturated carbocycles. The van der Waals surface area contributed by atoms with E-state index in [4.69, 9.17) is 37.0 Å². The quantitative estimate of drug-likeness (QED) is 0.0222. The van der Waals surface area contributed by atoms with Crippen molar-refractivity contribution in [3.05, 3.63) is 0 Å². The number of esters is 4. The van der Waals surface area contributed by atoms with Crippen LogP contribution >= 0.6 is 15.6 Å². The SMILES string of the molecule is CCCCCCCCCCCCCCCCC(=O)O[C@H](COC(=O)CCCCCCCCCCCCCC)COP(=O)(O)OC[C@@H](O)COP(=O)(O)OC[C@@H](COC(=O)CCCCCCCCC(C)C)OC(=O)CCCCCCCCCCCCC. The number of hydrogen-bond donors (Lipinski definition) is 3. The van der Waals surface area contributed by atoms with Crippen molar-refractivity contribution in [3.8, 4) is 0 Å². The Morgan fingerprint density at radius 2 is 0.535 bits per heavy atom. The fourth-order valence-corrected chi connectivity index (χ4v) is 11.7. The van der Waals surface area contributed by atoms with Crippen LogP contribution in [0.5, 0.6) is 0 Å². The van der Waals surface area contributed by atoms with Crippen LogP contribution in [-0.4, -0.2) is 96.7 Å². The summed E-state index contributed by atoms with van der Waals surface area (Å²) in [6, 6.07) is 0. The zero-order chi connectivity index (χ0) is 63.5. The van der Waals surface area contributed by atoms with Crippen molar-refractivity contribution in [2.45, 2.75) is 361 Å². The molecule has 3 N–H and O–H groups in total. The topological polar surface area (TPSA) is 237 Å². The van der Waals surface area contributed by atoms with E-state index in [1.165, 1.54) is 161 Å². The molecule has 86 heavy (non-hydrogen) atoms. The van der Waals surface area contributed by atoms with E-state index < -0.39 is 97.5 Å². The maximum Gasteiger partial charge on any atom is 0.472 e. The average molecular weight is 1270 g/mol. The Labute approximate surface area is 524 Å². The molecule has 0 aromatic carbocycles. The molecule has 0 aliphatic rings. The summed E-state index contributed by atoms with van der Waals surface area (Å²) < 4.78 is 68.1. The molecule has 0 amide bonds. The molecular formula is C67H130O17P2. The third-order valence-corrected chi connectivity index (χ3v) is 17.4. The van der Waals surface area contributed by atoms with Gasteiger partial charge in [-0.05, 0) is 31.6 Å². The van der Waals surface area contributed by atoms with Gasteiger partial charge in [-0.25, -0.2) is 9.13 Å². The molecule has 19 heteroatoms. The van der Waals surface area contributed by atoms with Crippen LogP contribution in [0.1, 0.15) is 343 Å². The molecule has 0 bridgehead atoms. The van der Waals surface area contributed by atoms with Crippen LogP contribution in [0.25, 0.3) is 0 Å². The summed E-state index contributed by atoms with van der Waals surface area (Å²) in [7, 11) is -9.89. The fraction of sp³-hybridized carbons (Fsp3) is 0.940. The van der Waals surface area contributed by atoms with Crippen molar-refractivity contribution >= 4 is 39.5 Å². The van der Waals surface area contributed by atoms with E-state index in [-0.39, 0.29) is 25.7 Å². The minimum atomic E-state index is -4.95. The van der Waals surface area contributed by atoms with Crippen molar-refractivity contribution < 1.29 is 80.2 Å². The lowest BCUT2D eigenvalue weighted by Gasteiger charge is -2.21. The van der Waals surface area contributed by atoms with Gasteiger partial charge in [0.25, 0.3) is 0 Å². The number of phosphoric acid groups is 2. The molecule has 17 nitrogen and oxygen atoms in total. The van der Waals surface area contributed by atoms with Gasteiger partial charge >= 0.3 is 39.5 Å². The maximum atomic E-state index is 13.0. The van der Waals surface area contributed by atoms with Gasteiger partial charge in [0.1, 0.15) is 19.3 Å². The van der Waals surface area contributed by atoms with Crippen LogP contribution in [-0.2, 0) is 65.4 Å². The zero-order valence-corrected chi connectivity index (χ0v) is 57.2. The minimum Gasteiger partial charge on any atom is -0.462 e. The molecule has 0 fully saturated rings. The highest BCUT2D eigenvalue weighted by Gasteiger charge is 2.30. The van der Waals surface area contributed by atoms with Crippen molar-refractivity contribution in [2.75, 3.05) is 39.6 Å². The van der Waals surface area contributed by atoms with Crippen LogP contribution in [0.2, 0.25) is 0 Å². The third kappa shape index (κ3) is 60.9. The molecule has 0 aromatic rings. The van der Waals surface area contributed by atoms with Crippen LogP contribution in [0.3, 0.4) is 0 Å². The van der Waals surface area contributed by atoms with Gasteiger partial charge in [0.2, 0.25) is 0 Å². The number of aliphatic hydroxyl groups is 1. The molecule has 2 unspecified atom stereocenters. The summed E-state index contributed by atoms with van der Waals surface area (Å²) in [5.74, 6) is -1.45. The number of hydrogen-bond acceptors (Lipinski definition) is 15. The van der Waals surface area contributed by atoms with E-state index >= 15 is 0 Å². The van der Waals surface area contributed by atoms with Gasteiger partial charge in [-0.15, -0.1) is 0 Å². The summed E-state index contributed by atoms with van der Waals surface area (Å²) in [6.45, 7) is 7.14. The molecule has 0 saturated heterocycles. The van der Waals surface area contributed by atoms with Crippen LogP contribution in [0.15, 0.2) is 0 Å². The van der Waals surface area contributed by atoms with Gasteiger partial charge in [-0.1, -0.05) is 291 Å². The Morgan fingerprint density at radius 1 is 0.314 bits per heavy atom. The Morgan fingerprint density at radius 3 is 0.791 bits per heavy atom. The highest BCUT2D eigenvalue weighted by atomic mass is 31.2. The van der Waals surface area contributed by atoms with E-state index in [0.717, 1.165) is 96.3 Å². The van der Waals surface area contributed by atoms with Gasteiger partial charge < -0.3 is 33.8 Å². The first-order valence-electron chi connectivity index (χ1n) is 35.1. The van der Waals surface area contributed by atoms with Crippen LogP contribution in [0, 0.1) is 5.92 Å². The monoisotopic (exact) mass is 1270 g/mol. The van der Waals surface area contributed by atoms with Gasteiger partial charge in [0.05, 0.1) is 26.4 Å². The zero-order valence-electron chi connectivity index (χ0n) is 55.4. The fourth-order valence-electron chi connectivity index (χ4n) is 10.1. The predicted octanol–water partition coefficient (Wildman–Crippen LogP) is 19.0. The lowest BCUT2D eigenvalue weighted by atomic mass is 10.0. The lowest BCUT2D eigenvalue weighted by molar-refractivity contribution is -0.161. The number of carbonyl (C=O) groups is 4. The first-order chi connectivity index (χ1) is 41.5. The number of phosphoric ester groups is 2. The first kappa shape index (κ1) is 84.1. The molecule has 0 rings (SSSR count). The summed E-state index contributed by atoms with van der Waals surface area (Å²) in [5.41, 5.74) is 0. The van der Waals surface area contributed by atoms with E-state index in [1.807, 2.05) is 0 Å². The van der Waals surface area contributed by atoms with Crippen LogP contribution < -0.4 is 0 Å². The Hall–Kier alpha value is -1.94. The van der Waals surface area contributed by atoms with E-state index in [9.17, 15) is 43.2 Å². The smallest absolute Gasteiger partial charge is 0.462 e. The first-order valence-corrected chi connectivity index (χ1v) is 38.1. The number of ether oxygens (including phenoxy) is 4. The summed E-state index contributed by atoms with van der Waals surface area (Å²) >= 11 is 0. The molecule has 510 valence electrons. The number of rotatable bonds is 67. The highest BCUT2D eigenvalue weighted by molar-refractivity contribution is 7.47. The van der Waals surface area contributed by atoms with E-state index in [2.05, 4.69) is 34.6 Å². The molecule has 0 heterocycles. The molecule has 0 aliphatic heterocycles. The summed E-state index contributed by atoms with van der Waals surface area (Å²) in [4.78, 5) is 72.3. The molecule has 0 aromatic heterocycles. The molecule has 0 radical (unpaired) electrons. The largest absolute Gasteiger partial charge is 0.472 e. The molecule has 0 spiro atoms. The van der Waals surface area contributed by atoms with Gasteiger partial charge in [0, 0.05) is 25.7 Å². The van der Waals surface area contributed by atoms with E-state index in [0.29, 0.717) is 31.6 Å². The number of carbonyl (C=O) groups excluding carboxylic acids is 4. The van der Waals surface area contributed by atoms with E-state index in [1.54, 1.807) is 0 Å². The van der Waals surface area contributed by atoms with Crippen molar-refractivity contribution in [3.63, 3.8) is 0 Å². The second kappa shape index (κ2) is 60.6.